The van der Waals surface area contributed by atoms with Crippen LogP contribution in [0.2, 0.25) is 0 Å². The van der Waals surface area contributed by atoms with E-state index in [0.717, 1.165) is 25.7 Å². The standard InChI is InChI=1S/C19H23NO4/c1-3-5-6-14(4-2)12-22-19(21)16(11-20)9-15-7-8-17-18(10-15)24-13-23-17/h7-10,14H,3-6,12-13H2,1-2H3/b16-9+/t14-/m1/s1. The van der Waals surface area contributed by atoms with Crippen LogP contribution in [-0.4, -0.2) is 19.4 Å². The highest BCUT2D eigenvalue weighted by Gasteiger charge is 2.16. The van der Waals surface area contributed by atoms with Gasteiger partial charge in [-0.05, 0) is 36.1 Å². The zero-order valence-electron chi connectivity index (χ0n) is 14.2. The Labute approximate surface area is 142 Å². The monoisotopic (exact) mass is 329 g/mol. The van der Waals surface area contributed by atoms with Crippen LogP contribution in [0.4, 0.5) is 0 Å². The Morgan fingerprint density at radius 2 is 2.17 bits per heavy atom. The van der Waals surface area contributed by atoms with E-state index in [2.05, 4.69) is 13.8 Å². The third-order valence-electron chi connectivity index (χ3n) is 4.04. The number of hydrogen-bond donors (Lipinski definition) is 0. The van der Waals surface area contributed by atoms with Crippen molar-refractivity contribution in [1.82, 2.24) is 0 Å². The number of ether oxygens (including phenoxy) is 3. The van der Waals surface area contributed by atoms with Gasteiger partial charge in [0.15, 0.2) is 11.5 Å². The van der Waals surface area contributed by atoms with Crippen molar-refractivity contribution < 1.29 is 19.0 Å². The van der Waals surface area contributed by atoms with Gasteiger partial charge in [0.2, 0.25) is 6.79 Å². The predicted molar refractivity (Wildman–Crippen MR) is 90.4 cm³/mol. The van der Waals surface area contributed by atoms with E-state index in [0.29, 0.717) is 29.6 Å². The summed E-state index contributed by atoms with van der Waals surface area (Å²) in [5.41, 5.74) is 0.685. The topological polar surface area (TPSA) is 68.6 Å². The summed E-state index contributed by atoms with van der Waals surface area (Å²) in [4.78, 5) is 12.1. The van der Waals surface area contributed by atoms with Crippen molar-refractivity contribution in [2.75, 3.05) is 13.4 Å². The van der Waals surface area contributed by atoms with E-state index in [1.165, 1.54) is 6.08 Å². The Bertz CT molecular complexity index is 645. The molecule has 0 unspecified atom stereocenters. The number of benzene rings is 1. The van der Waals surface area contributed by atoms with Crippen LogP contribution in [0.15, 0.2) is 23.8 Å². The molecule has 1 aliphatic rings. The molecule has 0 N–H and O–H groups in total. The summed E-state index contributed by atoms with van der Waals surface area (Å²) in [5.74, 6) is 1.04. The van der Waals surface area contributed by atoms with Crippen molar-refractivity contribution in [3.63, 3.8) is 0 Å². The number of rotatable bonds is 8. The summed E-state index contributed by atoms with van der Waals surface area (Å²) in [5, 5.41) is 9.24. The highest BCUT2D eigenvalue weighted by molar-refractivity contribution is 5.98. The number of nitriles is 1. The second-order valence-corrected chi connectivity index (χ2v) is 5.80. The average Bonchev–Trinajstić information content (AvgIpc) is 3.07. The minimum atomic E-state index is -0.579. The normalized spacial score (nSPS) is 14.1. The number of esters is 1. The van der Waals surface area contributed by atoms with Gasteiger partial charge in [0, 0.05) is 0 Å². The van der Waals surface area contributed by atoms with E-state index in [4.69, 9.17) is 14.2 Å². The summed E-state index contributed by atoms with van der Waals surface area (Å²) < 4.78 is 15.9. The molecule has 0 saturated heterocycles. The fourth-order valence-corrected chi connectivity index (χ4v) is 2.48. The van der Waals surface area contributed by atoms with Crippen LogP contribution in [0.1, 0.15) is 45.1 Å². The van der Waals surface area contributed by atoms with Crippen LogP contribution < -0.4 is 9.47 Å². The molecule has 2 rings (SSSR count). The van der Waals surface area contributed by atoms with Crippen molar-refractivity contribution in [2.24, 2.45) is 5.92 Å². The van der Waals surface area contributed by atoms with E-state index in [-0.39, 0.29) is 12.4 Å². The van der Waals surface area contributed by atoms with Crippen LogP contribution in [0.25, 0.3) is 6.08 Å². The number of fused-ring (bicyclic) bond motifs is 1. The SMILES string of the molecule is CCCC[C@@H](CC)COC(=O)/C(C#N)=C/c1ccc2c(c1)OCO2. The van der Waals surface area contributed by atoms with Crippen LogP contribution in [0.3, 0.4) is 0 Å². The minimum Gasteiger partial charge on any atom is -0.461 e. The van der Waals surface area contributed by atoms with E-state index in [9.17, 15) is 10.1 Å². The zero-order valence-corrected chi connectivity index (χ0v) is 14.2. The molecule has 0 amide bonds. The van der Waals surface area contributed by atoms with Crippen molar-refractivity contribution in [3.05, 3.63) is 29.3 Å². The van der Waals surface area contributed by atoms with Crippen LogP contribution in [-0.2, 0) is 9.53 Å². The molecule has 1 aromatic rings. The quantitative estimate of drug-likeness (QED) is 0.408. The van der Waals surface area contributed by atoms with Gasteiger partial charge in [-0.2, -0.15) is 5.26 Å². The molecular formula is C19H23NO4. The Balaban J connectivity index is 1.99. The first-order chi connectivity index (χ1) is 11.7. The van der Waals surface area contributed by atoms with E-state index < -0.39 is 5.97 Å². The first kappa shape index (κ1) is 17.9. The fraction of sp³-hybridized carbons (Fsp3) is 0.474. The average molecular weight is 329 g/mol. The molecule has 0 bridgehead atoms. The largest absolute Gasteiger partial charge is 0.461 e. The fourth-order valence-electron chi connectivity index (χ4n) is 2.48. The Kier molecular flexibility index (Phi) is 6.68. The number of unbranched alkanes of at least 4 members (excludes halogenated alkanes) is 1. The Hall–Kier alpha value is -2.48. The van der Waals surface area contributed by atoms with Gasteiger partial charge in [0.1, 0.15) is 11.6 Å². The third-order valence-corrected chi connectivity index (χ3v) is 4.04. The summed E-state index contributed by atoms with van der Waals surface area (Å²) in [7, 11) is 0. The van der Waals surface area contributed by atoms with E-state index in [1.807, 2.05) is 6.07 Å². The molecule has 0 radical (unpaired) electrons. The molecule has 1 aliphatic heterocycles. The molecule has 1 atom stereocenters. The Morgan fingerprint density at radius 3 is 2.88 bits per heavy atom. The second-order valence-electron chi connectivity index (χ2n) is 5.80. The minimum absolute atomic E-state index is 0.0146. The maximum Gasteiger partial charge on any atom is 0.348 e. The number of nitrogens with zero attached hydrogens (tertiary/aromatic N) is 1. The van der Waals surface area contributed by atoms with Crippen molar-refractivity contribution in [3.8, 4) is 17.6 Å². The van der Waals surface area contributed by atoms with Gasteiger partial charge in [-0.15, -0.1) is 0 Å². The lowest BCUT2D eigenvalue weighted by atomic mass is 10.0. The summed E-state index contributed by atoms with van der Waals surface area (Å²) in [6, 6.07) is 7.18. The molecule has 5 heteroatoms. The molecular weight excluding hydrogens is 306 g/mol. The van der Waals surface area contributed by atoms with Gasteiger partial charge in [0.05, 0.1) is 6.61 Å². The van der Waals surface area contributed by atoms with Gasteiger partial charge in [-0.25, -0.2) is 4.79 Å². The van der Waals surface area contributed by atoms with E-state index >= 15 is 0 Å². The number of carbonyl (C=O) groups excluding carboxylic acids is 1. The highest BCUT2D eigenvalue weighted by atomic mass is 16.7. The van der Waals surface area contributed by atoms with Gasteiger partial charge in [-0.3, -0.25) is 0 Å². The summed E-state index contributed by atoms with van der Waals surface area (Å²) in [6.07, 6.45) is 5.75. The maximum atomic E-state index is 12.1. The van der Waals surface area contributed by atoms with Gasteiger partial charge in [-0.1, -0.05) is 39.2 Å². The smallest absolute Gasteiger partial charge is 0.348 e. The van der Waals surface area contributed by atoms with Crippen LogP contribution in [0, 0.1) is 17.2 Å². The van der Waals surface area contributed by atoms with Crippen LogP contribution >= 0.6 is 0 Å². The Morgan fingerprint density at radius 1 is 1.38 bits per heavy atom. The molecule has 0 aliphatic carbocycles. The van der Waals surface area contributed by atoms with Crippen LogP contribution in [0.5, 0.6) is 11.5 Å². The molecule has 1 aromatic carbocycles. The highest BCUT2D eigenvalue weighted by Crippen LogP contribution is 2.33. The van der Waals surface area contributed by atoms with E-state index in [1.54, 1.807) is 18.2 Å². The van der Waals surface area contributed by atoms with Gasteiger partial charge < -0.3 is 14.2 Å². The van der Waals surface area contributed by atoms with Crippen molar-refractivity contribution >= 4 is 12.0 Å². The lowest BCUT2D eigenvalue weighted by Gasteiger charge is -2.14. The predicted octanol–water partition coefficient (Wildman–Crippen LogP) is 4.08. The lowest BCUT2D eigenvalue weighted by molar-refractivity contribution is -0.139. The molecule has 5 nitrogen and oxygen atoms in total. The first-order valence-corrected chi connectivity index (χ1v) is 8.36. The molecule has 0 fully saturated rings. The molecule has 0 saturated carbocycles. The number of carbonyl (C=O) groups is 1. The lowest BCUT2D eigenvalue weighted by Crippen LogP contribution is -2.15. The zero-order chi connectivity index (χ0) is 17.4. The molecule has 1 heterocycles. The van der Waals surface area contributed by atoms with Crippen molar-refractivity contribution in [1.29, 1.82) is 5.26 Å². The maximum absolute atomic E-state index is 12.1. The molecule has 128 valence electrons. The molecule has 0 aromatic heterocycles. The number of hydrogen-bond acceptors (Lipinski definition) is 5. The first-order valence-electron chi connectivity index (χ1n) is 8.36. The second kappa shape index (κ2) is 8.97. The molecule has 24 heavy (non-hydrogen) atoms. The van der Waals surface area contributed by atoms with Gasteiger partial charge in [0.25, 0.3) is 0 Å². The summed E-state index contributed by atoms with van der Waals surface area (Å²) in [6.45, 7) is 4.77. The third kappa shape index (κ3) is 4.76. The molecule has 0 spiro atoms. The van der Waals surface area contributed by atoms with Gasteiger partial charge >= 0.3 is 5.97 Å². The van der Waals surface area contributed by atoms with Crippen molar-refractivity contribution in [2.45, 2.75) is 39.5 Å². The summed E-state index contributed by atoms with van der Waals surface area (Å²) >= 11 is 0.